The van der Waals surface area contributed by atoms with Gasteiger partial charge in [-0.25, -0.2) is 4.68 Å². The van der Waals surface area contributed by atoms with Crippen molar-refractivity contribution in [2.24, 2.45) is 0 Å². The van der Waals surface area contributed by atoms with Crippen LogP contribution in [0.3, 0.4) is 0 Å². The number of nitrogens with one attached hydrogen (secondary N) is 2. The quantitative estimate of drug-likeness (QED) is 0.652. The summed E-state index contributed by atoms with van der Waals surface area (Å²) in [5.74, 6) is -0.213. The molecule has 0 aliphatic heterocycles. The van der Waals surface area contributed by atoms with Gasteiger partial charge in [0.2, 0.25) is 0 Å². The molecule has 0 radical (unpaired) electrons. The Bertz CT molecular complexity index is 893. The molecule has 3 aromatic rings. The number of carbonyl (C=O) groups excluding carboxylic acids is 1. The van der Waals surface area contributed by atoms with Gasteiger partial charge in [0.25, 0.3) is 5.91 Å². The first-order valence-electron chi connectivity index (χ1n) is 8.38. The van der Waals surface area contributed by atoms with E-state index in [2.05, 4.69) is 25.9 Å². The third-order valence-corrected chi connectivity index (χ3v) is 4.12. The number of likely N-dealkylation sites (N-methyl/N-ethyl adjacent to an activating group) is 1. The molecule has 9 heteroatoms. The van der Waals surface area contributed by atoms with E-state index in [1.165, 1.54) is 0 Å². The van der Waals surface area contributed by atoms with Crippen LogP contribution in [0.5, 0.6) is 0 Å². The number of benzene rings is 1. The van der Waals surface area contributed by atoms with Crippen LogP contribution in [0.15, 0.2) is 36.7 Å². The summed E-state index contributed by atoms with van der Waals surface area (Å²) in [6.45, 7) is 7.31. The monoisotopic (exact) mass is 410 g/mol. The Morgan fingerprint density at radius 2 is 2.04 bits per heavy atom. The van der Waals surface area contributed by atoms with E-state index >= 15 is 0 Å². The average Bonchev–Trinajstić information content (AvgIpc) is 3.01. The third kappa shape index (κ3) is 4.94. The van der Waals surface area contributed by atoms with Gasteiger partial charge in [-0.05, 0) is 32.5 Å². The van der Waals surface area contributed by atoms with E-state index in [-0.39, 0.29) is 36.8 Å². The van der Waals surface area contributed by atoms with Crippen LogP contribution in [-0.4, -0.2) is 45.0 Å². The first kappa shape index (κ1) is 22.8. The zero-order valence-corrected chi connectivity index (χ0v) is 17.1. The predicted octanol–water partition coefficient (Wildman–Crippen LogP) is 2.70. The molecule has 1 aromatic carbocycles. The van der Waals surface area contributed by atoms with Gasteiger partial charge in [-0.1, -0.05) is 24.3 Å². The van der Waals surface area contributed by atoms with Gasteiger partial charge >= 0.3 is 0 Å². The fourth-order valence-electron chi connectivity index (χ4n) is 2.81. The van der Waals surface area contributed by atoms with Crippen molar-refractivity contribution in [1.29, 1.82) is 0 Å². The number of nitrogens with zero attached hydrogens (tertiary/aromatic N) is 4. The van der Waals surface area contributed by atoms with Gasteiger partial charge < -0.3 is 10.6 Å². The number of rotatable bonds is 6. The lowest BCUT2D eigenvalue weighted by Gasteiger charge is -2.12. The standard InChI is InChI=1S/C18H22N6O.2ClH/c1-4-20-12(2)10-21-18(25)17-13(3)24(23-22-17)16-7-5-6-14-11-19-9-8-15(14)16;;/h5-9,11-12,20H,4,10H2,1-3H3,(H,21,25);2*1H/t12-;;/m1../s1. The topological polar surface area (TPSA) is 84.7 Å². The molecule has 0 bridgehead atoms. The lowest BCUT2D eigenvalue weighted by Crippen LogP contribution is -2.39. The molecular formula is C18H24Cl2N6O. The molecule has 2 N–H and O–H groups in total. The fraction of sp³-hybridized carbons (Fsp3) is 0.333. The highest BCUT2D eigenvalue weighted by molar-refractivity contribution is 5.94. The predicted molar refractivity (Wildman–Crippen MR) is 111 cm³/mol. The fourth-order valence-corrected chi connectivity index (χ4v) is 2.81. The van der Waals surface area contributed by atoms with E-state index in [4.69, 9.17) is 0 Å². The lowest BCUT2D eigenvalue weighted by atomic mass is 10.1. The Labute approximate surface area is 170 Å². The van der Waals surface area contributed by atoms with Gasteiger partial charge in [0.05, 0.1) is 11.4 Å². The van der Waals surface area contributed by atoms with Crippen molar-refractivity contribution >= 4 is 41.5 Å². The molecule has 2 heterocycles. The SMILES string of the molecule is CCN[C@H](C)CNC(=O)c1nnn(-c2cccc3cnccc23)c1C.Cl.Cl. The summed E-state index contributed by atoms with van der Waals surface area (Å²) in [5.41, 5.74) is 1.93. The van der Waals surface area contributed by atoms with E-state index in [0.717, 1.165) is 23.0 Å². The molecule has 0 saturated heterocycles. The highest BCUT2D eigenvalue weighted by atomic mass is 35.5. The van der Waals surface area contributed by atoms with Crippen LogP contribution < -0.4 is 10.6 Å². The molecule has 1 atom stereocenters. The van der Waals surface area contributed by atoms with Crippen LogP contribution in [0.1, 0.15) is 30.0 Å². The Balaban J connectivity index is 0.00000182. The summed E-state index contributed by atoms with van der Waals surface area (Å²) < 4.78 is 1.70. The maximum absolute atomic E-state index is 12.4. The van der Waals surface area contributed by atoms with Crippen LogP contribution in [0.25, 0.3) is 16.5 Å². The number of hydrogen-bond acceptors (Lipinski definition) is 5. The van der Waals surface area contributed by atoms with E-state index in [1.54, 1.807) is 17.1 Å². The maximum atomic E-state index is 12.4. The maximum Gasteiger partial charge on any atom is 0.273 e. The van der Waals surface area contributed by atoms with Crippen LogP contribution >= 0.6 is 24.8 Å². The Morgan fingerprint density at radius 3 is 2.78 bits per heavy atom. The number of carbonyl (C=O) groups is 1. The summed E-state index contributed by atoms with van der Waals surface area (Å²) in [6.07, 6.45) is 3.55. The molecule has 27 heavy (non-hydrogen) atoms. The molecule has 1 amide bonds. The van der Waals surface area contributed by atoms with Crippen molar-refractivity contribution in [3.8, 4) is 5.69 Å². The normalized spacial score (nSPS) is 11.4. The highest BCUT2D eigenvalue weighted by Gasteiger charge is 2.18. The summed E-state index contributed by atoms with van der Waals surface area (Å²) in [4.78, 5) is 16.6. The molecule has 0 aliphatic carbocycles. The van der Waals surface area contributed by atoms with Crippen molar-refractivity contribution < 1.29 is 4.79 Å². The average molecular weight is 411 g/mol. The molecule has 0 unspecified atom stereocenters. The number of halogens is 2. The summed E-state index contributed by atoms with van der Waals surface area (Å²) in [6, 6.07) is 8.03. The van der Waals surface area contributed by atoms with Gasteiger partial charge in [-0.15, -0.1) is 29.9 Å². The Hall–Kier alpha value is -2.22. The number of pyridine rings is 1. The molecule has 0 fully saturated rings. The largest absolute Gasteiger partial charge is 0.349 e. The van der Waals surface area contributed by atoms with E-state index < -0.39 is 0 Å². The molecule has 7 nitrogen and oxygen atoms in total. The molecular weight excluding hydrogens is 387 g/mol. The van der Waals surface area contributed by atoms with Crippen LogP contribution in [0.2, 0.25) is 0 Å². The van der Waals surface area contributed by atoms with E-state index in [9.17, 15) is 4.79 Å². The zero-order chi connectivity index (χ0) is 17.8. The molecule has 0 saturated carbocycles. The van der Waals surface area contributed by atoms with Gasteiger partial charge in [0, 0.05) is 35.8 Å². The highest BCUT2D eigenvalue weighted by Crippen LogP contribution is 2.22. The first-order valence-corrected chi connectivity index (χ1v) is 8.38. The minimum absolute atomic E-state index is 0. The molecule has 2 aromatic heterocycles. The van der Waals surface area contributed by atoms with Crippen LogP contribution in [0.4, 0.5) is 0 Å². The second-order valence-corrected chi connectivity index (χ2v) is 5.98. The number of amides is 1. The number of hydrogen-bond donors (Lipinski definition) is 2. The van der Waals surface area contributed by atoms with E-state index in [1.807, 2.05) is 45.0 Å². The smallest absolute Gasteiger partial charge is 0.273 e. The van der Waals surface area contributed by atoms with Crippen molar-refractivity contribution in [3.05, 3.63) is 48.0 Å². The zero-order valence-electron chi connectivity index (χ0n) is 15.5. The van der Waals surface area contributed by atoms with Crippen molar-refractivity contribution in [2.75, 3.05) is 13.1 Å². The first-order chi connectivity index (χ1) is 12.1. The third-order valence-electron chi connectivity index (χ3n) is 4.12. The lowest BCUT2D eigenvalue weighted by molar-refractivity contribution is 0.0944. The summed E-state index contributed by atoms with van der Waals surface area (Å²) in [5, 5.41) is 16.5. The van der Waals surface area contributed by atoms with Gasteiger partial charge in [0.1, 0.15) is 0 Å². The van der Waals surface area contributed by atoms with Gasteiger partial charge in [0.15, 0.2) is 5.69 Å². The molecule has 0 spiro atoms. The van der Waals surface area contributed by atoms with Crippen molar-refractivity contribution in [1.82, 2.24) is 30.6 Å². The molecule has 0 aliphatic rings. The van der Waals surface area contributed by atoms with Crippen molar-refractivity contribution in [2.45, 2.75) is 26.8 Å². The van der Waals surface area contributed by atoms with Crippen molar-refractivity contribution in [3.63, 3.8) is 0 Å². The van der Waals surface area contributed by atoms with Gasteiger partial charge in [-0.3, -0.25) is 9.78 Å². The van der Waals surface area contributed by atoms with Gasteiger partial charge in [-0.2, -0.15) is 0 Å². The van der Waals surface area contributed by atoms with E-state index in [0.29, 0.717) is 17.9 Å². The van der Waals surface area contributed by atoms with Crippen LogP contribution in [0, 0.1) is 6.92 Å². The molecule has 146 valence electrons. The number of fused-ring (bicyclic) bond motifs is 1. The summed E-state index contributed by atoms with van der Waals surface area (Å²) >= 11 is 0. The number of aromatic nitrogens is 4. The Kier molecular flexibility index (Phi) is 8.62. The Morgan fingerprint density at radius 1 is 1.26 bits per heavy atom. The minimum Gasteiger partial charge on any atom is -0.349 e. The summed E-state index contributed by atoms with van der Waals surface area (Å²) in [7, 11) is 0. The second kappa shape index (κ2) is 10.2. The minimum atomic E-state index is -0.213. The van der Waals surface area contributed by atoms with Crippen LogP contribution in [-0.2, 0) is 0 Å². The molecule has 3 rings (SSSR count). The second-order valence-electron chi connectivity index (χ2n) is 5.98.